The van der Waals surface area contributed by atoms with Gasteiger partial charge >= 0.3 is 177 Å². The maximum Gasteiger partial charge on any atom is 1.00 e. The van der Waals surface area contributed by atoms with E-state index in [0.29, 0.717) is 19.3 Å². The molecular formula is C42H60K3O18P3S3. The summed E-state index contributed by atoms with van der Waals surface area (Å²) in [5, 5.41) is 0. The molecule has 0 bridgehead atoms. The maximum absolute atomic E-state index is 11.0. The van der Waals surface area contributed by atoms with Crippen LogP contribution in [0.25, 0.3) is 0 Å². The minimum Gasteiger partial charge on any atom is -0.747 e. The Morgan fingerprint density at radius 2 is 0.565 bits per heavy atom. The summed E-state index contributed by atoms with van der Waals surface area (Å²) >= 11 is 0. The van der Waals surface area contributed by atoms with Gasteiger partial charge in [0, 0.05) is 0 Å². The van der Waals surface area contributed by atoms with Gasteiger partial charge in [0.05, 0.1) is 0 Å². The van der Waals surface area contributed by atoms with Crippen LogP contribution in [0.1, 0.15) is 93.7 Å². The molecule has 0 aliphatic rings. The minimum atomic E-state index is -4.99. The van der Waals surface area contributed by atoms with Crippen LogP contribution in [0.4, 0.5) is 0 Å². The van der Waals surface area contributed by atoms with E-state index in [2.05, 4.69) is 0 Å². The topological polar surface area (TPSA) is 344 Å². The fraction of sp³-hybridized carbons (Fsp3) is 0.429. The first kappa shape index (κ1) is 75.2. The summed E-state index contributed by atoms with van der Waals surface area (Å²) < 4.78 is 131. The SMILES string of the molecule is O=P(O)(O)C(CCC/C=C/CCc1ccccc1)S(=O)(=O)[O-].O=P(O)(O)C(CCC/C=C/CCc1ccccc1)S(=O)(=O)[O-].O=P(O)(O)C(CCC/C=C/CCc1ccccc1)S(=O)(=O)[O-].[K+].[K+].[K+]. The van der Waals surface area contributed by atoms with Crippen LogP contribution in [-0.4, -0.2) is 83.2 Å². The van der Waals surface area contributed by atoms with Gasteiger partial charge in [-0.05, 0) is 113 Å². The van der Waals surface area contributed by atoms with E-state index in [-0.39, 0.29) is 193 Å². The van der Waals surface area contributed by atoms with E-state index < -0.39 is 68.1 Å². The Labute approximate surface area is 535 Å². The zero-order chi connectivity index (χ0) is 49.9. The van der Waals surface area contributed by atoms with Crippen molar-refractivity contribution in [2.24, 2.45) is 0 Å². The monoisotopic (exact) mass is 1160 g/mol. The van der Waals surface area contributed by atoms with Gasteiger partial charge < -0.3 is 43.0 Å². The Morgan fingerprint density at radius 1 is 0.377 bits per heavy atom. The number of rotatable bonds is 27. The van der Waals surface area contributed by atoms with Crippen molar-refractivity contribution < 1.29 is 236 Å². The summed E-state index contributed by atoms with van der Waals surface area (Å²) in [5.41, 5.74) is 3.64. The van der Waals surface area contributed by atoms with Crippen LogP contribution in [-0.2, 0) is 63.3 Å². The summed E-state index contributed by atoms with van der Waals surface area (Å²) in [4.78, 5) is 46.9. The molecule has 0 aliphatic heterocycles. The molecule has 69 heavy (non-hydrogen) atoms. The normalized spacial score (nSPS) is 13.7. The van der Waals surface area contributed by atoms with E-state index in [0.717, 1.165) is 38.5 Å². The molecule has 0 spiro atoms. The van der Waals surface area contributed by atoms with Crippen molar-refractivity contribution >= 4 is 53.1 Å². The molecule has 0 heterocycles. The van der Waals surface area contributed by atoms with Crippen molar-refractivity contribution in [2.75, 3.05) is 0 Å². The van der Waals surface area contributed by atoms with Crippen LogP contribution in [0.5, 0.6) is 0 Å². The van der Waals surface area contributed by atoms with Gasteiger partial charge in [0.15, 0.2) is 15.0 Å². The number of unbranched alkanes of at least 4 members (excludes halogenated alkanes) is 3. The van der Waals surface area contributed by atoms with Crippen LogP contribution in [0.2, 0.25) is 0 Å². The zero-order valence-corrected chi connectivity index (χ0v) is 53.6. The summed E-state index contributed by atoms with van der Waals surface area (Å²) in [6.07, 6.45) is 17.6. The average Bonchev–Trinajstić information content (AvgIpc) is 3.19. The Balaban J connectivity index is -0.000000927. The second kappa shape index (κ2) is 39.3. The first-order valence-corrected chi connectivity index (χ1v) is 30.2. The molecule has 3 unspecified atom stereocenters. The molecular weight excluding hydrogens is 1100 g/mol. The molecule has 0 radical (unpaired) electrons. The summed E-state index contributed by atoms with van der Waals surface area (Å²) in [5.74, 6) is 0. The van der Waals surface area contributed by atoms with Gasteiger partial charge in [-0.15, -0.1) is 0 Å². The number of aryl methyl sites for hydroxylation is 3. The first-order chi connectivity index (χ1) is 30.6. The van der Waals surface area contributed by atoms with Gasteiger partial charge in [-0.1, -0.05) is 127 Å². The number of allylic oxidation sites excluding steroid dienone is 6. The van der Waals surface area contributed by atoms with E-state index in [1.807, 2.05) is 127 Å². The van der Waals surface area contributed by atoms with Crippen LogP contribution in [0.15, 0.2) is 127 Å². The molecule has 0 saturated heterocycles. The second-order valence-corrected chi connectivity index (χ2v) is 26.0. The summed E-state index contributed by atoms with van der Waals surface area (Å²) in [6.45, 7) is 0. The van der Waals surface area contributed by atoms with E-state index in [1.54, 1.807) is 0 Å². The Bertz CT molecular complexity index is 2150. The fourth-order valence-corrected chi connectivity index (χ4v) is 13.0. The smallest absolute Gasteiger partial charge is 0.747 e. The standard InChI is InChI=1S/3C14H21O6PS.3K/c3*15-21(16,17)14(22(18,19)20)12-8-3-1-2-5-9-13-10-6-4-7-11-13;;;/h3*1-2,4,6-7,10-11,14H,3,5,8-9,12H2,(H2,15,16,17)(H,18,19,20);;;/q;;;3*+1/p-3/b3*2-1+;;;. The van der Waals surface area contributed by atoms with Gasteiger partial charge in [0.2, 0.25) is 0 Å². The van der Waals surface area contributed by atoms with Gasteiger partial charge in [-0.2, -0.15) is 0 Å². The molecule has 3 aromatic rings. The largest absolute Gasteiger partial charge is 1.00 e. The fourth-order valence-electron chi connectivity index (χ4n) is 6.06. The maximum atomic E-state index is 11.0. The molecule has 0 saturated carbocycles. The molecule has 3 atom stereocenters. The minimum absolute atomic E-state index is 0. The molecule has 18 nitrogen and oxygen atoms in total. The third kappa shape index (κ3) is 38.2. The number of hydrogen-bond acceptors (Lipinski definition) is 12. The predicted octanol–water partition coefficient (Wildman–Crippen LogP) is -1.80. The van der Waals surface area contributed by atoms with Crippen LogP contribution < -0.4 is 154 Å². The van der Waals surface area contributed by atoms with Crippen molar-refractivity contribution in [2.45, 2.75) is 111 Å². The second-order valence-electron chi connectivity index (χ2n) is 14.9. The Kier molecular flexibility index (Phi) is 42.9. The van der Waals surface area contributed by atoms with Crippen molar-refractivity contribution in [3.8, 4) is 0 Å². The zero-order valence-electron chi connectivity index (χ0n) is 39.1. The van der Waals surface area contributed by atoms with Gasteiger partial charge in [-0.25, -0.2) is 25.3 Å². The summed E-state index contributed by atoms with van der Waals surface area (Å²) in [6, 6.07) is 29.8. The van der Waals surface area contributed by atoms with Crippen LogP contribution in [0, 0.1) is 0 Å². The first-order valence-electron chi connectivity index (χ1n) is 20.7. The molecule has 6 N–H and O–H groups in total. The van der Waals surface area contributed by atoms with E-state index >= 15 is 0 Å². The van der Waals surface area contributed by atoms with E-state index in [4.69, 9.17) is 29.4 Å². The van der Waals surface area contributed by atoms with Crippen molar-refractivity contribution in [3.05, 3.63) is 144 Å². The molecule has 3 rings (SSSR count). The van der Waals surface area contributed by atoms with Crippen LogP contribution >= 0.6 is 22.8 Å². The van der Waals surface area contributed by atoms with Gasteiger partial charge in [-0.3, -0.25) is 13.7 Å². The van der Waals surface area contributed by atoms with Gasteiger partial charge in [0.1, 0.15) is 30.4 Å². The molecule has 0 fully saturated rings. The molecule has 0 aromatic heterocycles. The predicted molar refractivity (Wildman–Crippen MR) is 250 cm³/mol. The Morgan fingerprint density at radius 3 is 0.739 bits per heavy atom. The average molecular weight is 1160 g/mol. The van der Waals surface area contributed by atoms with Crippen molar-refractivity contribution in [1.29, 1.82) is 0 Å². The Hall–Kier alpha value is 1.97. The third-order valence-corrected chi connectivity index (χ3v) is 19.9. The van der Waals surface area contributed by atoms with Crippen molar-refractivity contribution in [3.63, 3.8) is 0 Å². The van der Waals surface area contributed by atoms with Gasteiger partial charge in [0.25, 0.3) is 0 Å². The molecule has 3 aromatic carbocycles. The molecule has 372 valence electrons. The molecule has 27 heteroatoms. The third-order valence-electron chi connectivity index (χ3n) is 9.42. The van der Waals surface area contributed by atoms with E-state index in [1.165, 1.54) is 16.7 Å². The van der Waals surface area contributed by atoms with E-state index in [9.17, 15) is 52.6 Å². The van der Waals surface area contributed by atoms with Crippen LogP contribution in [0.3, 0.4) is 0 Å². The quantitative estimate of drug-likeness (QED) is 0.0161. The van der Waals surface area contributed by atoms with Crippen molar-refractivity contribution in [1.82, 2.24) is 0 Å². The molecule has 0 aliphatic carbocycles. The number of hydrogen-bond donors (Lipinski definition) is 6. The molecule has 0 amide bonds. The number of benzene rings is 3. The summed E-state index contributed by atoms with van der Waals surface area (Å²) in [7, 11) is -29.7.